The summed E-state index contributed by atoms with van der Waals surface area (Å²) in [5, 5.41) is 17.5. The molecule has 4 N–H and O–H groups in total. The monoisotopic (exact) mass is 565 g/mol. The van der Waals surface area contributed by atoms with Gasteiger partial charge < -0.3 is 35.1 Å². The molecular formula is C24H36N3NaO9S. The first-order chi connectivity index (χ1) is 17.2. The van der Waals surface area contributed by atoms with E-state index in [2.05, 4.69) is 16.0 Å². The van der Waals surface area contributed by atoms with Crippen molar-refractivity contribution in [2.45, 2.75) is 70.1 Å². The minimum absolute atomic E-state index is 0. The predicted molar refractivity (Wildman–Crippen MR) is 132 cm³/mol. The third-order valence-electron chi connectivity index (χ3n) is 5.67. The zero-order valence-corrected chi connectivity index (χ0v) is 25.2. The molecule has 2 rings (SSSR count). The number of hydrogen-bond acceptors (Lipinski definition) is 9. The van der Waals surface area contributed by atoms with E-state index in [1.54, 1.807) is 52.0 Å². The van der Waals surface area contributed by atoms with Crippen LogP contribution in [0.1, 0.15) is 47.0 Å². The number of aliphatic hydroxyl groups excluding tert-OH is 1. The zero-order chi connectivity index (χ0) is 27.8. The van der Waals surface area contributed by atoms with Crippen LogP contribution < -0.4 is 50.2 Å². The fourth-order valence-electron chi connectivity index (χ4n) is 3.87. The Hall–Kier alpha value is -1.90. The summed E-state index contributed by atoms with van der Waals surface area (Å²) in [7, 11) is -5.20. The number of aliphatic hydroxyl groups is 1. The molecule has 1 aromatic rings. The molecule has 208 valence electrons. The molecule has 1 fully saturated rings. The van der Waals surface area contributed by atoms with Gasteiger partial charge in [0.2, 0.25) is 11.8 Å². The van der Waals surface area contributed by atoms with Gasteiger partial charge in [0.1, 0.15) is 34.1 Å². The van der Waals surface area contributed by atoms with Gasteiger partial charge in [0, 0.05) is 12.5 Å². The Balaban J connectivity index is 0.00000722. The Morgan fingerprint density at radius 3 is 2.37 bits per heavy atom. The summed E-state index contributed by atoms with van der Waals surface area (Å²) in [6.07, 6.45) is -0.655. The maximum Gasteiger partial charge on any atom is 1.00 e. The summed E-state index contributed by atoms with van der Waals surface area (Å²) in [6.45, 7) is 7.28. The Morgan fingerprint density at radius 2 is 1.84 bits per heavy atom. The van der Waals surface area contributed by atoms with Crippen molar-refractivity contribution in [1.29, 1.82) is 0 Å². The Bertz CT molecular complexity index is 1040. The first-order valence-corrected chi connectivity index (χ1v) is 13.5. The Morgan fingerprint density at radius 1 is 1.21 bits per heavy atom. The number of alkyl carbamates (subject to hydrolysis) is 1. The second-order valence-electron chi connectivity index (χ2n) is 10.1. The van der Waals surface area contributed by atoms with E-state index in [-0.39, 0.29) is 60.8 Å². The van der Waals surface area contributed by atoms with E-state index in [4.69, 9.17) is 9.47 Å². The number of benzene rings is 1. The van der Waals surface area contributed by atoms with Gasteiger partial charge in [0.25, 0.3) is 0 Å². The molecule has 4 atom stereocenters. The van der Waals surface area contributed by atoms with Crippen LogP contribution in [0.15, 0.2) is 30.3 Å². The molecular weight excluding hydrogens is 529 g/mol. The second-order valence-corrected chi connectivity index (χ2v) is 11.6. The summed E-state index contributed by atoms with van der Waals surface area (Å²) in [5.74, 6) is -1.36. The average Bonchev–Trinajstić information content (AvgIpc) is 3.20. The topological polar surface area (TPSA) is 183 Å². The number of ether oxygens (including phenoxy) is 2. The molecule has 1 aliphatic heterocycles. The van der Waals surface area contributed by atoms with Crippen LogP contribution >= 0.6 is 0 Å². The maximum absolute atomic E-state index is 13.0. The number of rotatable bonds is 13. The molecule has 1 heterocycles. The number of para-hydroxylation sites is 1. The van der Waals surface area contributed by atoms with Crippen LogP contribution in [0.3, 0.4) is 0 Å². The molecule has 1 aromatic carbocycles. The van der Waals surface area contributed by atoms with Crippen molar-refractivity contribution < 1.29 is 71.5 Å². The average molecular weight is 566 g/mol. The van der Waals surface area contributed by atoms with Gasteiger partial charge in [-0.15, -0.1) is 0 Å². The van der Waals surface area contributed by atoms with E-state index in [9.17, 15) is 32.5 Å². The van der Waals surface area contributed by atoms with Gasteiger partial charge in [-0.1, -0.05) is 32.0 Å². The summed E-state index contributed by atoms with van der Waals surface area (Å²) in [6, 6.07) is 6.24. The normalized spacial score (nSPS) is 18.0. The van der Waals surface area contributed by atoms with Crippen molar-refractivity contribution in [3.05, 3.63) is 30.3 Å². The van der Waals surface area contributed by atoms with Crippen LogP contribution in [-0.2, 0) is 24.4 Å². The summed E-state index contributed by atoms with van der Waals surface area (Å²) in [4.78, 5) is 37.5. The van der Waals surface area contributed by atoms with Gasteiger partial charge >= 0.3 is 35.7 Å². The van der Waals surface area contributed by atoms with E-state index in [1.165, 1.54) is 0 Å². The SMILES string of the molecule is CC(C)C[C@H](NC(=O)OCC(C)(C)Oc1ccccc1)C(=O)N[C@@H](C[C@@H]1CCNC1=O)C(O)S(=O)(=O)[O-].[Na+]. The van der Waals surface area contributed by atoms with Gasteiger partial charge in [-0.05, 0) is 51.2 Å². The summed E-state index contributed by atoms with van der Waals surface area (Å²) < 4.78 is 45.5. The minimum atomic E-state index is -5.20. The van der Waals surface area contributed by atoms with Gasteiger partial charge in [0.15, 0.2) is 5.44 Å². The number of carbonyl (C=O) groups is 3. The fourth-order valence-corrected chi connectivity index (χ4v) is 4.45. The molecule has 38 heavy (non-hydrogen) atoms. The van der Waals surface area contributed by atoms with E-state index in [1.807, 2.05) is 6.07 Å². The van der Waals surface area contributed by atoms with Crippen LogP contribution in [0.25, 0.3) is 0 Å². The second kappa shape index (κ2) is 15.0. The van der Waals surface area contributed by atoms with Crippen LogP contribution in [0, 0.1) is 11.8 Å². The smallest absolute Gasteiger partial charge is 0.746 e. The number of hydrogen-bond donors (Lipinski definition) is 4. The Kier molecular flexibility index (Phi) is 13.5. The standard InChI is InChI=1S/C24H37N3O9S.Na/c1-15(2)12-18(27-23(31)35-14-24(3,4)36-17-8-6-5-7-9-17)21(29)26-19(22(30)37(32,33)34)13-16-10-11-25-20(16)28;/h5-9,15-16,18-19,22,30H,10-14H2,1-4H3,(H,25,28)(H,26,29)(H,27,31)(H,32,33,34);/q;+1/p-1/t16-,18-,19-,22?;/m0./s1. The quantitative estimate of drug-likeness (QED) is 0.153. The molecule has 0 spiro atoms. The van der Waals surface area contributed by atoms with E-state index in [0.717, 1.165) is 0 Å². The maximum atomic E-state index is 13.0. The fraction of sp³-hybridized carbons (Fsp3) is 0.625. The first-order valence-electron chi connectivity index (χ1n) is 12.1. The zero-order valence-electron chi connectivity index (χ0n) is 22.4. The third-order valence-corrected chi connectivity index (χ3v) is 6.59. The largest absolute Gasteiger partial charge is 1.00 e. The molecule has 3 amide bonds. The van der Waals surface area contributed by atoms with E-state index in [0.29, 0.717) is 18.7 Å². The van der Waals surface area contributed by atoms with Crippen LogP contribution in [0.4, 0.5) is 4.79 Å². The third kappa shape index (κ3) is 11.5. The van der Waals surface area contributed by atoms with Crippen LogP contribution in [0.2, 0.25) is 0 Å². The van der Waals surface area contributed by atoms with Crippen molar-refractivity contribution in [3.63, 3.8) is 0 Å². The molecule has 0 aliphatic carbocycles. The predicted octanol–water partition coefficient (Wildman–Crippen LogP) is -2.14. The van der Waals surface area contributed by atoms with Crippen molar-refractivity contribution in [2.75, 3.05) is 13.2 Å². The molecule has 14 heteroatoms. The van der Waals surface area contributed by atoms with Gasteiger partial charge in [-0.2, -0.15) is 0 Å². The minimum Gasteiger partial charge on any atom is -0.746 e. The first kappa shape index (κ1) is 34.1. The van der Waals surface area contributed by atoms with Gasteiger partial charge in [0.05, 0.1) is 6.04 Å². The van der Waals surface area contributed by atoms with Gasteiger partial charge in [-0.3, -0.25) is 9.59 Å². The van der Waals surface area contributed by atoms with Crippen molar-refractivity contribution >= 4 is 28.0 Å². The Labute approximate surface area is 245 Å². The molecule has 12 nitrogen and oxygen atoms in total. The van der Waals surface area contributed by atoms with Crippen LogP contribution in [-0.4, -0.2) is 72.3 Å². The number of amides is 3. The van der Waals surface area contributed by atoms with E-state index < -0.39 is 51.2 Å². The van der Waals surface area contributed by atoms with Crippen LogP contribution in [0.5, 0.6) is 5.75 Å². The van der Waals surface area contributed by atoms with E-state index >= 15 is 0 Å². The molecule has 1 unspecified atom stereocenters. The molecule has 0 bridgehead atoms. The van der Waals surface area contributed by atoms with Crippen molar-refractivity contribution in [1.82, 2.24) is 16.0 Å². The number of carbonyl (C=O) groups excluding carboxylic acids is 3. The van der Waals surface area contributed by atoms with Gasteiger partial charge in [-0.25, -0.2) is 13.2 Å². The molecule has 1 aliphatic rings. The molecule has 0 aromatic heterocycles. The molecule has 0 saturated carbocycles. The summed E-state index contributed by atoms with van der Waals surface area (Å²) in [5.41, 5.74) is -3.35. The van der Waals surface area contributed by atoms with Crippen molar-refractivity contribution in [2.24, 2.45) is 11.8 Å². The molecule has 1 saturated heterocycles. The van der Waals surface area contributed by atoms with Crippen molar-refractivity contribution in [3.8, 4) is 5.75 Å². The number of nitrogens with one attached hydrogen (secondary N) is 3. The molecule has 0 radical (unpaired) electrons. The summed E-state index contributed by atoms with van der Waals surface area (Å²) >= 11 is 0.